The number of hydrogen-bond acceptors (Lipinski definition) is 3. The summed E-state index contributed by atoms with van der Waals surface area (Å²) in [6.07, 6.45) is 8.17. The minimum absolute atomic E-state index is 0.0869. The molecule has 8 rings (SSSR count). The zero-order chi connectivity index (χ0) is 30.8. The smallest absolute Gasteiger partial charge is 0.206 e. The van der Waals surface area contributed by atoms with Crippen LogP contribution in [0.25, 0.3) is 0 Å². The number of carbonyl (C=O) groups is 1. The summed E-state index contributed by atoms with van der Waals surface area (Å²) in [7, 11) is -2.40. The van der Waals surface area contributed by atoms with Crippen molar-refractivity contribution in [2.24, 2.45) is 40.4 Å². The summed E-state index contributed by atoms with van der Waals surface area (Å²) in [5.74, 6) is 2.35. The standard InChI is InChI=1S/C41H48O3Si/c1-40-20-18-32(22-31(40)23-36(42)37-35(40)19-21-41(2)38(37)33-24-34(33)39(41)43)44-45(25-28-12-6-3-7-13-28,26-29-14-8-4-9-15-29)27-30-16-10-5-11-17-30/h3-17,23,32-38,42H,18-22,24-27H2,1-2H3/t32-,33+,34-,35-,36-,37-,38-,40-,41-/m0/s1. The predicted molar refractivity (Wildman–Crippen MR) is 182 cm³/mol. The number of benzene rings is 3. The summed E-state index contributed by atoms with van der Waals surface area (Å²) in [6, 6.07) is 35.9. The number of rotatable bonds is 8. The van der Waals surface area contributed by atoms with Gasteiger partial charge in [0.05, 0.1) is 6.10 Å². The van der Waals surface area contributed by atoms with Gasteiger partial charge in [-0.15, -0.1) is 0 Å². The monoisotopic (exact) mass is 616 g/mol. The van der Waals surface area contributed by atoms with Crippen molar-refractivity contribution in [1.29, 1.82) is 0 Å². The molecule has 3 aromatic carbocycles. The minimum Gasteiger partial charge on any atom is -0.413 e. The van der Waals surface area contributed by atoms with Crippen LogP contribution in [0.5, 0.6) is 0 Å². The van der Waals surface area contributed by atoms with Crippen LogP contribution in [0.15, 0.2) is 103 Å². The fourth-order valence-corrected chi connectivity index (χ4v) is 15.4. The van der Waals surface area contributed by atoms with Crippen molar-refractivity contribution in [1.82, 2.24) is 0 Å². The van der Waals surface area contributed by atoms with Gasteiger partial charge in [0.2, 0.25) is 8.32 Å². The van der Waals surface area contributed by atoms with Crippen LogP contribution in [-0.4, -0.2) is 31.4 Å². The second kappa shape index (κ2) is 11.2. The summed E-state index contributed by atoms with van der Waals surface area (Å²) < 4.78 is 7.65. The van der Waals surface area contributed by atoms with Gasteiger partial charge < -0.3 is 9.53 Å². The molecular weight excluding hydrogens is 569 g/mol. The molecule has 0 amide bonds. The zero-order valence-corrected chi connectivity index (χ0v) is 27.9. The van der Waals surface area contributed by atoms with E-state index in [4.69, 9.17) is 4.43 Å². The Morgan fingerprint density at radius 2 is 1.31 bits per heavy atom. The first-order valence-corrected chi connectivity index (χ1v) is 20.0. The van der Waals surface area contributed by atoms with E-state index in [9.17, 15) is 9.90 Å². The summed E-state index contributed by atoms with van der Waals surface area (Å²) in [5, 5.41) is 11.8. The lowest BCUT2D eigenvalue weighted by Crippen LogP contribution is -2.56. The molecule has 0 radical (unpaired) electrons. The van der Waals surface area contributed by atoms with E-state index in [-0.39, 0.29) is 28.8 Å². The topological polar surface area (TPSA) is 46.5 Å². The fraction of sp³-hybridized carbons (Fsp3) is 0.488. The van der Waals surface area contributed by atoms with Crippen molar-refractivity contribution in [3.05, 3.63) is 119 Å². The van der Waals surface area contributed by atoms with Crippen LogP contribution in [0, 0.1) is 40.4 Å². The quantitative estimate of drug-likeness (QED) is 0.206. The SMILES string of the molecule is C[C@]12CC[C@H](O[Si](Cc3ccccc3)(Cc3ccccc3)Cc3ccccc3)CC1=C[C@H](O)[C@H]1[C@@H]3[C@@H]4C[C@@H]4C(=O)[C@@]3(C)CC[C@@H]12. The highest BCUT2D eigenvalue weighted by atomic mass is 28.4. The highest BCUT2D eigenvalue weighted by Gasteiger charge is 2.71. The minimum atomic E-state index is -2.40. The van der Waals surface area contributed by atoms with Crippen LogP contribution in [0.4, 0.5) is 0 Å². The third kappa shape index (κ3) is 5.12. The molecule has 0 bridgehead atoms. The van der Waals surface area contributed by atoms with Crippen molar-refractivity contribution in [3.8, 4) is 0 Å². The Kier molecular flexibility index (Phi) is 7.35. The number of Topliss-reactive ketones (excluding diaryl/α,β-unsaturated/α-hetero) is 1. The summed E-state index contributed by atoms with van der Waals surface area (Å²) >= 11 is 0. The zero-order valence-electron chi connectivity index (χ0n) is 26.9. The van der Waals surface area contributed by atoms with Gasteiger partial charge in [0, 0.05) is 17.4 Å². The lowest BCUT2D eigenvalue weighted by molar-refractivity contribution is -0.140. The highest BCUT2D eigenvalue weighted by molar-refractivity contribution is 6.72. The molecule has 0 aromatic heterocycles. The molecule has 5 aliphatic carbocycles. The van der Waals surface area contributed by atoms with E-state index in [0.29, 0.717) is 23.5 Å². The first-order chi connectivity index (χ1) is 21.8. The van der Waals surface area contributed by atoms with E-state index in [1.54, 1.807) is 0 Å². The summed E-state index contributed by atoms with van der Waals surface area (Å²) in [5.41, 5.74) is 5.39. The van der Waals surface area contributed by atoms with Gasteiger partial charge in [-0.3, -0.25) is 4.79 Å². The normalized spacial score (nSPS) is 36.7. The first-order valence-electron chi connectivity index (χ1n) is 17.5. The van der Waals surface area contributed by atoms with Gasteiger partial charge in [-0.25, -0.2) is 0 Å². The van der Waals surface area contributed by atoms with Gasteiger partial charge in [0.15, 0.2) is 0 Å². The van der Waals surface area contributed by atoms with Gasteiger partial charge in [-0.2, -0.15) is 0 Å². The van der Waals surface area contributed by atoms with E-state index >= 15 is 0 Å². The molecule has 0 saturated heterocycles. The van der Waals surface area contributed by atoms with Gasteiger partial charge in [0.25, 0.3) is 0 Å². The Hall–Kier alpha value is -2.79. The van der Waals surface area contributed by atoms with Crippen LogP contribution in [0.2, 0.25) is 0 Å². The van der Waals surface area contributed by atoms with Crippen molar-refractivity contribution in [2.75, 3.05) is 0 Å². The van der Waals surface area contributed by atoms with Gasteiger partial charge in [0.1, 0.15) is 5.78 Å². The van der Waals surface area contributed by atoms with Crippen molar-refractivity contribution < 1.29 is 14.3 Å². The molecule has 4 fully saturated rings. The average molecular weight is 617 g/mol. The summed E-state index contributed by atoms with van der Waals surface area (Å²) in [6.45, 7) is 4.73. The Labute approximate surface area is 270 Å². The van der Waals surface area contributed by atoms with Gasteiger partial charge in [-0.1, -0.05) is 116 Å². The van der Waals surface area contributed by atoms with Crippen molar-refractivity contribution in [2.45, 2.75) is 82.7 Å². The van der Waals surface area contributed by atoms with Crippen LogP contribution >= 0.6 is 0 Å². The van der Waals surface area contributed by atoms with Gasteiger partial charge in [-0.05, 0) is 102 Å². The van der Waals surface area contributed by atoms with Crippen molar-refractivity contribution in [3.63, 3.8) is 0 Å². The van der Waals surface area contributed by atoms with E-state index in [1.165, 1.54) is 22.3 Å². The number of carbonyl (C=O) groups excluding carboxylic acids is 1. The van der Waals surface area contributed by atoms with E-state index < -0.39 is 14.4 Å². The molecule has 234 valence electrons. The summed E-state index contributed by atoms with van der Waals surface area (Å²) in [4.78, 5) is 13.3. The molecular formula is C41H48O3Si. The largest absolute Gasteiger partial charge is 0.413 e. The molecule has 1 N–H and O–H groups in total. The van der Waals surface area contributed by atoms with E-state index in [0.717, 1.165) is 56.7 Å². The van der Waals surface area contributed by atoms with Crippen LogP contribution in [-0.2, 0) is 27.4 Å². The number of aliphatic hydroxyl groups is 1. The fourth-order valence-electron chi connectivity index (χ4n) is 10.9. The molecule has 0 aliphatic heterocycles. The first kappa shape index (κ1) is 29.6. The third-order valence-corrected chi connectivity index (χ3v) is 17.1. The second-order valence-electron chi connectivity index (χ2n) is 15.8. The highest BCUT2D eigenvalue weighted by Crippen LogP contribution is 2.71. The Balaban J connectivity index is 1.11. The lowest BCUT2D eigenvalue weighted by atomic mass is 9.46. The number of fused-ring (bicyclic) bond motifs is 7. The molecule has 4 heteroatoms. The van der Waals surface area contributed by atoms with Crippen LogP contribution in [0.1, 0.15) is 69.1 Å². The number of ketones is 1. The predicted octanol–water partition coefficient (Wildman–Crippen LogP) is 8.02. The van der Waals surface area contributed by atoms with E-state index in [1.807, 2.05) is 0 Å². The maximum Gasteiger partial charge on any atom is 0.206 e. The van der Waals surface area contributed by atoms with Crippen molar-refractivity contribution >= 4 is 14.1 Å². The molecule has 5 aliphatic rings. The molecule has 3 nitrogen and oxygen atoms in total. The molecule has 45 heavy (non-hydrogen) atoms. The maximum absolute atomic E-state index is 13.3. The Bertz CT molecular complexity index is 1470. The number of aliphatic hydroxyl groups excluding tert-OH is 1. The van der Waals surface area contributed by atoms with Crippen LogP contribution < -0.4 is 0 Å². The Morgan fingerprint density at radius 3 is 1.87 bits per heavy atom. The Morgan fingerprint density at radius 1 is 0.778 bits per heavy atom. The van der Waals surface area contributed by atoms with Crippen LogP contribution in [0.3, 0.4) is 0 Å². The number of hydrogen-bond donors (Lipinski definition) is 1. The molecule has 4 saturated carbocycles. The molecule has 0 heterocycles. The second-order valence-corrected chi connectivity index (χ2v) is 19.5. The molecule has 0 unspecified atom stereocenters. The molecule has 9 atom stereocenters. The lowest BCUT2D eigenvalue weighted by Gasteiger charge is -2.59. The maximum atomic E-state index is 13.3. The van der Waals surface area contributed by atoms with E-state index in [2.05, 4.69) is 111 Å². The average Bonchev–Trinajstić information content (AvgIpc) is 3.79. The molecule has 3 aromatic rings. The third-order valence-electron chi connectivity index (χ3n) is 13.1. The molecule has 0 spiro atoms. The van der Waals surface area contributed by atoms with Gasteiger partial charge >= 0.3 is 0 Å².